The van der Waals surface area contributed by atoms with Crippen LogP contribution in [0.1, 0.15) is 30.6 Å². The normalized spacial score (nSPS) is 22.7. The molecule has 0 amide bonds. The summed E-state index contributed by atoms with van der Waals surface area (Å²) in [6.45, 7) is 2.85. The van der Waals surface area contributed by atoms with Gasteiger partial charge in [0.25, 0.3) is 0 Å². The van der Waals surface area contributed by atoms with Crippen molar-refractivity contribution in [3.8, 4) is 0 Å². The molecule has 7 heteroatoms. The van der Waals surface area contributed by atoms with E-state index in [2.05, 4.69) is 14.6 Å². The van der Waals surface area contributed by atoms with E-state index in [1.807, 2.05) is 11.7 Å². The summed E-state index contributed by atoms with van der Waals surface area (Å²) in [5.41, 5.74) is 1.85. The van der Waals surface area contributed by atoms with Crippen LogP contribution in [-0.2, 0) is 16.6 Å². The first-order valence-corrected chi connectivity index (χ1v) is 9.17. The predicted octanol–water partition coefficient (Wildman–Crippen LogP) is 1.19. The topological polar surface area (TPSA) is 62.3 Å². The minimum Gasteiger partial charge on any atom is -0.298 e. The van der Waals surface area contributed by atoms with Crippen molar-refractivity contribution in [2.45, 2.75) is 43.5 Å². The molecule has 3 rings (SSSR count). The van der Waals surface area contributed by atoms with Gasteiger partial charge in [0.15, 0.2) is 0 Å². The van der Waals surface area contributed by atoms with Crippen LogP contribution in [0.5, 0.6) is 0 Å². The van der Waals surface area contributed by atoms with Gasteiger partial charge in [-0.25, -0.2) is 13.1 Å². The van der Waals surface area contributed by atoms with Crippen molar-refractivity contribution in [3.63, 3.8) is 0 Å². The molecule has 1 saturated heterocycles. The molecule has 2 heterocycles. The molecule has 1 aromatic rings. The van der Waals surface area contributed by atoms with Gasteiger partial charge in [-0.05, 0) is 25.7 Å². The molecule has 106 valence electrons. The van der Waals surface area contributed by atoms with E-state index in [9.17, 15) is 8.42 Å². The lowest BCUT2D eigenvalue weighted by atomic mass is 10.1. The Labute approximate surface area is 118 Å². The smallest absolute Gasteiger partial charge is 0.214 e. The fourth-order valence-corrected chi connectivity index (χ4v) is 4.74. The van der Waals surface area contributed by atoms with Crippen LogP contribution in [0.2, 0.25) is 0 Å². The Morgan fingerprint density at radius 3 is 2.63 bits per heavy atom. The highest BCUT2D eigenvalue weighted by molar-refractivity contribution is 7.90. The Balaban J connectivity index is 1.47. The van der Waals surface area contributed by atoms with Gasteiger partial charge in [-0.15, -0.1) is 11.3 Å². The molecular weight excluding hydrogens is 282 g/mol. The predicted molar refractivity (Wildman–Crippen MR) is 75.5 cm³/mol. The van der Waals surface area contributed by atoms with E-state index in [-0.39, 0.29) is 11.3 Å². The molecule has 0 radical (unpaired) electrons. The summed E-state index contributed by atoms with van der Waals surface area (Å²) in [5.74, 6) is 0. The van der Waals surface area contributed by atoms with Crippen LogP contribution < -0.4 is 4.72 Å². The van der Waals surface area contributed by atoms with Gasteiger partial charge in [-0.2, -0.15) is 0 Å². The van der Waals surface area contributed by atoms with Gasteiger partial charge in [0, 0.05) is 36.8 Å². The van der Waals surface area contributed by atoms with Gasteiger partial charge in [0.2, 0.25) is 10.0 Å². The van der Waals surface area contributed by atoms with Gasteiger partial charge in [-0.3, -0.25) is 9.88 Å². The first kappa shape index (κ1) is 13.5. The van der Waals surface area contributed by atoms with E-state index >= 15 is 0 Å². The van der Waals surface area contributed by atoms with Crippen molar-refractivity contribution in [2.24, 2.45) is 0 Å². The van der Waals surface area contributed by atoms with Crippen LogP contribution in [0.4, 0.5) is 0 Å². The van der Waals surface area contributed by atoms with Crippen molar-refractivity contribution >= 4 is 21.4 Å². The highest BCUT2D eigenvalue weighted by Gasteiger charge is 2.37. The van der Waals surface area contributed by atoms with Gasteiger partial charge < -0.3 is 0 Å². The number of thiazole rings is 1. The monoisotopic (exact) mass is 301 g/mol. The molecule has 0 bridgehead atoms. The molecule has 0 atom stereocenters. The third-order valence-corrected chi connectivity index (χ3v) is 6.52. The van der Waals surface area contributed by atoms with Crippen LogP contribution in [0.15, 0.2) is 11.7 Å². The summed E-state index contributed by atoms with van der Waals surface area (Å²) in [4.78, 5) is 7.72. The number of likely N-dealkylation sites (tertiary alicyclic amines) is 1. The van der Waals surface area contributed by atoms with Gasteiger partial charge in [-0.1, -0.05) is 0 Å². The largest absolute Gasteiger partial charge is 0.298 e. The number of nitrogens with one attached hydrogen (secondary N) is 1. The number of hydrogen-bond donors (Lipinski definition) is 1. The lowest BCUT2D eigenvalue weighted by molar-refractivity contribution is 0.201. The summed E-state index contributed by atoms with van der Waals surface area (Å²) in [5, 5.41) is -0.109. The minimum absolute atomic E-state index is 0.109. The standard InChI is InChI=1S/C12H19N3O2S2/c16-19(17,12-1-2-12)14-10-3-5-15(6-4-10)8-11-7-13-9-18-11/h7,9-10,12,14H,1-6,8H2. The Bertz CT molecular complexity index is 503. The summed E-state index contributed by atoms with van der Waals surface area (Å²) >= 11 is 1.68. The maximum atomic E-state index is 11.9. The van der Waals surface area contributed by atoms with E-state index in [1.54, 1.807) is 11.3 Å². The van der Waals surface area contributed by atoms with E-state index in [1.165, 1.54) is 4.88 Å². The van der Waals surface area contributed by atoms with Crippen LogP contribution in [0, 0.1) is 0 Å². The second-order valence-corrected chi connectivity index (χ2v) is 8.34. The van der Waals surface area contributed by atoms with Gasteiger partial charge >= 0.3 is 0 Å². The molecular formula is C12H19N3O2S2. The average Bonchev–Trinajstić information content (AvgIpc) is 3.13. The first-order valence-electron chi connectivity index (χ1n) is 6.74. The number of piperidine rings is 1. The lowest BCUT2D eigenvalue weighted by Gasteiger charge is -2.31. The third-order valence-electron chi connectivity index (χ3n) is 3.74. The van der Waals surface area contributed by atoms with Crippen molar-refractivity contribution in [2.75, 3.05) is 13.1 Å². The summed E-state index contributed by atoms with van der Waals surface area (Å²) in [6.07, 6.45) is 5.39. The first-order chi connectivity index (χ1) is 9.13. The molecule has 1 aromatic heterocycles. The summed E-state index contributed by atoms with van der Waals surface area (Å²) < 4.78 is 26.6. The second-order valence-electron chi connectivity index (χ2n) is 5.38. The van der Waals surface area contributed by atoms with E-state index in [0.29, 0.717) is 0 Å². The number of aromatic nitrogens is 1. The Hall–Kier alpha value is -0.500. The molecule has 2 aliphatic rings. The number of nitrogens with zero attached hydrogens (tertiary/aromatic N) is 2. The number of hydrogen-bond acceptors (Lipinski definition) is 5. The Morgan fingerprint density at radius 2 is 2.05 bits per heavy atom. The summed E-state index contributed by atoms with van der Waals surface area (Å²) in [7, 11) is -3.03. The zero-order valence-corrected chi connectivity index (χ0v) is 12.4. The van der Waals surface area contributed by atoms with E-state index < -0.39 is 10.0 Å². The molecule has 0 aromatic carbocycles. The second kappa shape index (κ2) is 5.47. The highest BCUT2D eigenvalue weighted by atomic mass is 32.2. The molecule has 2 fully saturated rings. The minimum atomic E-state index is -3.03. The highest BCUT2D eigenvalue weighted by Crippen LogP contribution is 2.28. The number of rotatable bonds is 5. The molecule has 1 aliphatic carbocycles. The van der Waals surface area contributed by atoms with Crippen LogP contribution in [0.25, 0.3) is 0 Å². The fraction of sp³-hybridized carbons (Fsp3) is 0.750. The Kier molecular flexibility index (Phi) is 3.88. The summed E-state index contributed by atoms with van der Waals surface area (Å²) in [6, 6.07) is 0.128. The zero-order valence-electron chi connectivity index (χ0n) is 10.8. The fourth-order valence-electron chi connectivity index (χ4n) is 2.46. The molecule has 0 spiro atoms. The van der Waals surface area contributed by atoms with Crippen molar-refractivity contribution in [1.29, 1.82) is 0 Å². The molecule has 19 heavy (non-hydrogen) atoms. The zero-order chi connectivity index (χ0) is 13.3. The van der Waals surface area contributed by atoms with Crippen molar-refractivity contribution in [3.05, 3.63) is 16.6 Å². The molecule has 5 nitrogen and oxygen atoms in total. The molecule has 1 aliphatic heterocycles. The molecule has 0 unspecified atom stereocenters. The van der Waals surface area contributed by atoms with E-state index in [0.717, 1.165) is 45.3 Å². The lowest BCUT2D eigenvalue weighted by Crippen LogP contribution is -2.45. The van der Waals surface area contributed by atoms with Gasteiger partial charge in [0.1, 0.15) is 0 Å². The van der Waals surface area contributed by atoms with Crippen molar-refractivity contribution in [1.82, 2.24) is 14.6 Å². The molecule has 1 N–H and O–H groups in total. The Morgan fingerprint density at radius 1 is 1.32 bits per heavy atom. The maximum absolute atomic E-state index is 11.9. The van der Waals surface area contributed by atoms with E-state index in [4.69, 9.17) is 0 Å². The van der Waals surface area contributed by atoms with Crippen LogP contribution in [-0.4, -0.2) is 42.7 Å². The van der Waals surface area contributed by atoms with Crippen LogP contribution in [0.3, 0.4) is 0 Å². The van der Waals surface area contributed by atoms with Gasteiger partial charge in [0.05, 0.1) is 10.8 Å². The maximum Gasteiger partial charge on any atom is 0.214 e. The number of sulfonamides is 1. The van der Waals surface area contributed by atoms with Crippen LogP contribution >= 0.6 is 11.3 Å². The molecule has 1 saturated carbocycles. The SMILES string of the molecule is O=S(=O)(NC1CCN(Cc2cncs2)CC1)C1CC1. The quantitative estimate of drug-likeness (QED) is 0.887. The average molecular weight is 301 g/mol. The third kappa shape index (κ3) is 3.53. The van der Waals surface area contributed by atoms with Crippen molar-refractivity contribution < 1.29 is 8.42 Å².